The van der Waals surface area contributed by atoms with Crippen molar-refractivity contribution >= 4 is 5.76 Å². The molecule has 0 radical (unpaired) electrons. The SMILES string of the molecule is COc1ccc(C2=CC(O)c3c(O)cc(OC4OC(COC5OC(C)C(O)C(O)C5O)C(O)C(O)C4O)cc3O2)cc1OCCO. The molecule has 5 rings (SSSR count). The first-order valence-electron chi connectivity index (χ1n) is 14.5. The summed E-state index contributed by atoms with van der Waals surface area (Å²) >= 11 is 0. The number of aliphatic hydroxyl groups is 8. The average Bonchev–Trinajstić information content (AvgIpc) is 3.03. The van der Waals surface area contributed by atoms with Crippen molar-refractivity contribution < 1.29 is 79.1 Å². The number of aliphatic hydroxyl groups excluding tert-OH is 8. The Bertz CT molecular complexity index is 1380. The van der Waals surface area contributed by atoms with Gasteiger partial charge < -0.3 is 79.1 Å². The van der Waals surface area contributed by atoms with E-state index < -0.39 is 79.9 Å². The van der Waals surface area contributed by atoms with E-state index >= 15 is 0 Å². The lowest BCUT2D eigenvalue weighted by atomic mass is 9.98. The predicted octanol–water partition coefficient (Wildman–Crippen LogP) is -1.73. The molecule has 2 aromatic carbocycles. The number of fused-ring (bicyclic) bond motifs is 1. The van der Waals surface area contributed by atoms with E-state index in [4.69, 9.17) is 38.3 Å². The predicted molar refractivity (Wildman–Crippen MR) is 153 cm³/mol. The van der Waals surface area contributed by atoms with Crippen LogP contribution in [0.3, 0.4) is 0 Å². The Labute approximate surface area is 262 Å². The number of phenols is 1. The molecule has 46 heavy (non-hydrogen) atoms. The van der Waals surface area contributed by atoms with Gasteiger partial charge in [0, 0.05) is 17.7 Å². The maximum absolute atomic E-state index is 10.8. The zero-order valence-electron chi connectivity index (χ0n) is 24.8. The molecule has 2 saturated heterocycles. The van der Waals surface area contributed by atoms with Crippen LogP contribution in [-0.2, 0) is 14.2 Å². The molecule has 9 N–H and O–H groups in total. The van der Waals surface area contributed by atoms with Crippen molar-refractivity contribution in [1.82, 2.24) is 0 Å². The van der Waals surface area contributed by atoms with Gasteiger partial charge in [0.05, 0.1) is 32.0 Å². The van der Waals surface area contributed by atoms with Crippen molar-refractivity contribution in [1.29, 1.82) is 0 Å². The van der Waals surface area contributed by atoms with E-state index in [9.17, 15) is 40.9 Å². The van der Waals surface area contributed by atoms with Gasteiger partial charge in [0.15, 0.2) is 17.8 Å². The third-order valence-electron chi connectivity index (χ3n) is 7.87. The summed E-state index contributed by atoms with van der Waals surface area (Å²) in [5, 5.41) is 92.4. The molecule has 11 unspecified atom stereocenters. The molecule has 0 saturated carbocycles. The summed E-state index contributed by atoms with van der Waals surface area (Å²) in [7, 11) is 1.46. The molecule has 11 atom stereocenters. The highest BCUT2D eigenvalue weighted by atomic mass is 16.7. The van der Waals surface area contributed by atoms with Crippen LogP contribution in [0.25, 0.3) is 5.76 Å². The van der Waals surface area contributed by atoms with E-state index in [1.165, 1.54) is 26.2 Å². The lowest BCUT2D eigenvalue weighted by Gasteiger charge is -2.42. The molecule has 3 aliphatic heterocycles. The molecule has 2 fully saturated rings. The number of ether oxygens (including phenoxy) is 7. The zero-order chi connectivity index (χ0) is 33.3. The van der Waals surface area contributed by atoms with Crippen molar-refractivity contribution in [3.8, 4) is 28.7 Å². The summed E-state index contributed by atoms with van der Waals surface area (Å²) in [4.78, 5) is 0. The Morgan fingerprint density at radius 2 is 1.52 bits per heavy atom. The third-order valence-corrected chi connectivity index (χ3v) is 7.87. The van der Waals surface area contributed by atoms with Crippen LogP contribution < -0.4 is 18.9 Å². The average molecular weight is 655 g/mol. The monoisotopic (exact) mass is 654 g/mol. The maximum atomic E-state index is 10.8. The topological polar surface area (TPSA) is 247 Å². The molecule has 16 heteroatoms. The number of hydrogen-bond acceptors (Lipinski definition) is 16. The summed E-state index contributed by atoms with van der Waals surface area (Å²) in [6.07, 6.45) is -14.9. The van der Waals surface area contributed by atoms with Crippen LogP contribution in [0.2, 0.25) is 0 Å². The first kappa shape index (κ1) is 34.1. The van der Waals surface area contributed by atoms with E-state index in [2.05, 4.69) is 0 Å². The molecule has 16 nitrogen and oxygen atoms in total. The molecule has 0 spiro atoms. The van der Waals surface area contributed by atoms with Gasteiger partial charge in [-0.3, -0.25) is 0 Å². The molecule has 0 aliphatic carbocycles. The van der Waals surface area contributed by atoms with Crippen molar-refractivity contribution in [2.45, 2.75) is 74.4 Å². The normalized spacial score (nSPS) is 34.2. The van der Waals surface area contributed by atoms with Gasteiger partial charge in [-0.15, -0.1) is 0 Å². The number of methoxy groups -OCH3 is 1. The number of aromatic hydroxyl groups is 1. The van der Waals surface area contributed by atoms with Crippen LogP contribution in [0.5, 0.6) is 28.7 Å². The van der Waals surface area contributed by atoms with Gasteiger partial charge in [-0.2, -0.15) is 0 Å². The highest BCUT2D eigenvalue weighted by molar-refractivity contribution is 5.70. The van der Waals surface area contributed by atoms with Gasteiger partial charge in [0.25, 0.3) is 0 Å². The minimum atomic E-state index is -1.77. The molecule has 0 bridgehead atoms. The van der Waals surface area contributed by atoms with Crippen LogP contribution in [0.4, 0.5) is 0 Å². The summed E-state index contributed by atoms with van der Waals surface area (Å²) in [5.41, 5.74) is 0.500. The Hall–Kier alpha value is -3.26. The minimum absolute atomic E-state index is 0.00212. The molecular formula is C30H38O16. The van der Waals surface area contributed by atoms with Crippen LogP contribution in [0, 0.1) is 0 Å². The first-order chi connectivity index (χ1) is 21.9. The second-order valence-corrected chi connectivity index (χ2v) is 11.0. The Morgan fingerprint density at radius 1 is 0.804 bits per heavy atom. The van der Waals surface area contributed by atoms with Crippen LogP contribution >= 0.6 is 0 Å². The zero-order valence-corrected chi connectivity index (χ0v) is 24.8. The van der Waals surface area contributed by atoms with Gasteiger partial charge >= 0.3 is 0 Å². The number of rotatable bonds is 10. The second kappa shape index (κ2) is 14.2. The van der Waals surface area contributed by atoms with Gasteiger partial charge in [-0.05, 0) is 31.2 Å². The highest BCUT2D eigenvalue weighted by Crippen LogP contribution is 2.45. The summed E-state index contributed by atoms with van der Waals surface area (Å²) in [5.74, 6) is 0.388. The van der Waals surface area contributed by atoms with Crippen LogP contribution in [0.1, 0.15) is 24.2 Å². The number of benzene rings is 2. The van der Waals surface area contributed by atoms with E-state index in [0.29, 0.717) is 17.1 Å². The van der Waals surface area contributed by atoms with Crippen LogP contribution in [-0.4, -0.2) is 134 Å². The van der Waals surface area contributed by atoms with E-state index in [-0.39, 0.29) is 36.0 Å². The maximum Gasteiger partial charge on any atom is 0.229 e. The van der Waals surface area contributed by atoms with Crippen molar-refractivity contribution in [2.24, 2.45) is 0 Å². The first-order valence-corrected chi connectivity index (χ1v) is 14.5. The van der Waals surface area contributed by atoms with Gasteiger partial charge in [0.2, 0.25) is 6.29 Å². The molecule has 3 aliphatic rings. The van der Waals surface area contributed by atoms with Crippen molar-refractivity contribution in [2.75, 3.05) is 26.9 Å². The van der Waals surface area contributed by atoms with Gasteiger partial charge in [-0.1, -0.05) is 0 Å². The summed E-state index contributed by atoms with van der Waals surface area (Å²) in [6.45, 7) is 0.753. The third kappa shape index (κ3) is 6.87. The fraction of sp³-hybridized carbons (Fsp3) is 0.533. The summed E-state index contributed by atoms with van der Waals surface area (Å²) < 4.78 is 39.1. The standard InChI is InChI=1S/C30H38O16/c1-12-23(34)25(36)27(38)29(43-12)42-11-21-24(35)26(37)28(39)30(46-21)44-14-8-15(32)22-16(33)10-18(45-20(22)9-14)13-3-4-17(40-2)19(7-13)41-6-5-31/h3-4,7-10,12,16,21,23-39H,5-6,11H2,1-2H3. The fourth-order valence-electron chi connectivity index (χ4n) is 5.30. The second-order valence-electron chi connectivity index (χ2n) is 11.0. The molecule has 0 amide bonds. The number of hydrogen-bond donors (Lipinski definition) is 9. The lowest BCUT2D eigenvalue weighted by molar-refractivity contribution is -0.318. The largest absolute Gasteiger partial charge is 0.507 e. The molecule has 0 aromatic heterocycles. The van der Waals surface area contributed by atoms with Gasteiger partial charge in [-0.25, -0.2) is 0 Å². The van der Waals surface area contributed by atoms with E-state index in [1.54, 1.807) is 18.2 Å². The van der Waals surface area contributed by atoms with Crippen LogP contribution in [0.15, 0.2) is 36.4 Å². The minimum Gasteiger partial charge on any atom is -0.507 e. The molecule has 3 heterocycles. The molecule has 2 aromatic rings. The van der Waals surface area contributed by atoms with Gasteiger partial charge in [0.1, 0.15) is 78.4 Å². The molecule has 254 valence electrons. The Morgan fingerprint density at radius 3 is 2.24 bits per heavy atom. The Balaban J connectivity index is 1.31. The fourth-order valence-corrected chi connectivity index (χ4v) is 5.30. The quantitative estimate of drug-likeness (QED) is 0.138. The number of phenolic OH excluding ortho intramolecular Hbond substituents is 1. The lowest BCUT2D eigenvalue weighted by Crippen LogP contribution is -2.61. The smallest absolute Gasteiger partial charge is 0.229 e. The molecular weight excluding hydrogens is 616 g/mol. The van der Waals surface area contributed by atoms with E-state index in [1.807, 2.05) is 0 Å². The highest BCUT2D eigenvalue weighted by Gasteiger charge is 2.47. The summed E-state index contributed by atoms with van der Waals surface area (Å²) in [6, 6.07) is 7.30. The van der Waals surface area contributed by atoms with E-state index in [0.717, 1.165) is 6.07 Å². The van der Waals surface area contributed by atoms with Crippen molar-refractivity contribution in [3.05, 3.63) is 47.5 Å². The van der Waals surface area contributed by atoms with Crippen molar-refractivity contribution in [3.63, 3.8) is 0 Å². The Kier molecular flexibility index (Phi) is 10.6.